The van der Waals surface area contributed by atoms with Gasteiger partial charge in [0.2, 0.25) is 0 Å². The van der Waals surface area contributed by atoms with Crippen LogP contribution in [0.15, 0.2) is 0 Å². The van der Waals surface area contributed by atoms with Crippen LogP contribution in [0.1, 0.15) is 69.2 Å². The first-order chi connectivity index (χ1) is 7.93. The third-order valence-corrected chi connectivity index (χ3v) is 0. The first-order valence-corrected chi connectivity index (χ1v) is 6.65. The maximum absolute atomic E-state index is 8.06. The van der Waals surface area contributed by atoms with E-state index in [9.17, 15) is 0 Å². The van der Waals surface area contributed by atoms with E-state index >= 15 is 0 Å². The molecule has 4 nitrogen and oxygen atoms in total. The molecule has 0 aromatic carbocycles. The van der Waals surface area contributed by atoms with Crippen LogP contribution in [0.3, 0.4) is 0 Å². The number of rotatable bonds is 0. The summed E-state index contributed by atoms with van der Waals surface area (Å²) >= 11 is 0. The summed E-state index contributed by atoms with van der Waals surface area (Å²) in [5, 5.41) is 32.2. The van der Waals surface area contributed by atoms with Gasteiger partial charge in [0.05, 0.1) is 0 Å². The van der Waals surface area contributed by atoms with Crippen molar-refractivity contribution < 1.29 is 20.4 Å². The van der Waals surface area contributed by atoms with Crippen molar-refractivity contribution in [3.05, 3.63) is 0 Å². The van der Waals surface area contributed by atoms with E-state index in [0.717, 1.165) is 0 Å². The van der Waals surface area contributed by atoms with Gasteiger partial charge in [-0.15, -0.1) is 0 Å². The summed E-state index contributed by atoms with van der Waals surface area (Å²) in [5.74, 6) is 0. The standard InChI is InChI=1S/4C3H8O.C2H6/c4*1-3(2)4;1-2/h4*3-4H,1-2H3;1-2H3. The van der Waals surface area contributed by atoms with Crippen LogP contribution in [0, 0.1) is 0 Å². The van der Waals surface area contributed by atoms with Crippen LogP contribution < -0.4 is 0 Å². The summed E-state index contributed by atoms with van der Waals surface area (Å²) in [6.07, 6.45) is -0.667. The molecule has 0 aromatic rings. The average molecular weight is 270 g/mol. The summed E-state index contributed by atoms with van der Waals surface area (Å²) in [6.45, 7) is 17.8. The lowest BCUT2D eigenvalue weighted by Gasteiger charge is -1.80. The van der Waals surface area contributed by atoms with Crippen LogP contribution >= 0.6 is 0 Å². The molecule has 0 rings (SSSR count). The first-order valence-electron chi connectivity index (χ1n) is 6.65. The van der Waals surface area contributed by atoms with Crippen LogP contribution in [0.5, 0.6) is 0 Å². The Hall–Kier alpha value is -0.160. The SMILES string of the molecule is CC.CC(C)O.CC(C)O.CC(C)O.CC(C)O. The largest absolute Gasteiger partial charge is 0.394 e. The lowest BCUT2D eigenvalue weighted by molar-refractivity contribution is 0.215. The van der Waals surface area contributed by atoms with Gasteiger partial charge in [0.15, 0.2) is 0 Å². The molecular weight excluding hydrogens is 232 g/mol. The predicted octanol–water partition coefficient (Wildman–Crippen LogP) is 2.57. The number of aliphatic hydroxyl groups is 4. The fourth-order valence-electron chi connectivity index (χ4n) is 0. The van der Waals surface area contributed by atoms with Gasteiger partial charge in [0.25, 0.3) is 0 Å². The van der Waals surface area contributed by atoms with E-state index in [1.165, 1.54) is 0 Å². The second-order valence-electron chi connectivity index (χ2n) is 4.37. The van der Waals surface area contributed by atoms with Gasteiger partial charge < -0.3 is 20.4 Å². The normalized spacial score (nSPS) is 8.33. The van der Waals surface area contributed by atoms with Gasteiger partial charge in [-0.05, 0) is 55.4 Å². The summed E-state index contributed by atoms with van der Waals surface area (Å²) in [5.41, 5.74) is 0. The lowest BCUT2D eigenvalue weighted by atomic mass is 10.5. The molecule has 0 bridgehead atoms. The maximum Gasteiger partial charge on any atom is 0.0483 e. The van der Waals surface area contributed by atoms with Crippen molar-refractivity contribution in [1.82, 2.24) is 0 Å². The Kier molecular flexibility index (Phi) is 51.4. The molecule has 0 aliphatic rings. The van der Waals surface area contributed by atoms with Gasteiger partial charge in [-0.1, -0.05) is 13.8 Å². The fraction of sp³-hybridized carbons (Fsp3) is 1.00. The van der Waals surface area contributed by atoms with Crippen molar-refractivity contribution in [2.24, 2.45) is 0 Å². The van der Waals surface area contributed by atoms with Gasteiger partial charge in [-0.25, -0.2) is 0 Å². The number of hydrogen-bond acceptors (Lipinski definition) is 4. The Labute approximate surface area is 115 Å². The lowest BCUT2D eigenvalue weighted by Crippen LogP contribution is -1.85. The van der Waals surface area contributed by atoms with E-state index in [1.807, 2.05) is 13.8 Å². The average Bonchev–Trinajstić information content (AvgIpc) is 2.01. The molecule has 0 aliphatic carbocycles. The third kappa shape index (κ3) is 136000. The van der Waals surface area contributed by atoms with Crippen molar-refractivity contribution >= 4 is 0 Å². The highest BCUT2D eigenvalue weighted by atomic mass is 16.3. The minimum Gasteiger partial charge on any atom is -0.394 e. The molecule has 0 saturated carbocycles. The van der Waals surface area contributed by atoms with Crippen LogP contribution in [0.25, 0.3) is 0 Å². The van der Waals surface area contributed by atoms with E-state index in [4.69, 9.17) is 20.4 Å². The Morgan fingerprint density at radius 2 is 0.389 bits per heavy atom. The van der Waals surface area contributed by atoms with Crippen molar-refractivity contribution in [3.63, 3.8) is 0 Å². The summed E-state index contributed by atoms with van der Waals surface area (Å²) in [7, 11) is 0. The molecule has 0 spiro atoms. The van der Waals surface area contributed by atoms with Crippen molar-refractivity contribution in [2.45, 2.75) is 93.7 Å². The molecule has 4 N–H and O–H groups in total. The van der Waals surface area contributed by atoms with Crippen molar-refractivity contribution in [1.29, 1.82) is 0 Å². The van der Waals surface area contributed by atoms with E-state index in [1.54, 1.807) is 55.4 Å². The quantitative estimate of drug-likeness (QED) is 0.545. The topological polar surface area (TPSA) is 80.9 Å². The van der Waals surface area contributed by atoms with Gasteiger partial charge in [-0.3, -0.25) is 0 Å². The van der Waals surface area contributed by atoms with E-state index < -0.39 is 0 Å². The summed E-state index contributed by atoms with van der Waals surface area (Å²) in [6, 6.07) is 0. The van der Waals surface area contributed by atoms with Crippen molar-refractivity contribution in [2.75, 3.05) is 0 Å². The molecule has 0 fully saturated rings. The number of hydrogen-bond donors (Lipinski definition) is 4. The van der Waals surface area contributed by atoms with Crippen molar-refractivity contribution in [3.8, 4) is 0 Å². The second kappa shape index (κ2) is 30.1. The van der Waals surface area contributed by atoms with Gasteiger partial charge in [0, 0.05) is 24.4 Å². The molecule has 0 unspecified atom stereocenters. The molecular formula is C14H38O4. The molecule has 0 radical (unpaired) electrons. The van der Waals surface area contributed by atoms with Gasteiger partial charge >= 0.3 is 0 Å². The summed E-state index contributed by atoms with van der Waals surface area (Å²) in [4.78, 5) is 0. The third-order valence-electron chi connectivity index (χ3n) is 0. The van der Waals surface area contributed by atoms with Crippen LogP contribution in [-0.4, -0.2) is 44.8 Å². The first kappa shape index (κ1) is 30.7. The maximum atomic E-state index is 8.06. The molecule has 118 valence electrons. The van der Waals surface area contributed by atoms with Gasteiger partial charge in [-0.2, -0.15) is 0 Å². The molecule has 0 heterocycles. The zero-order chi connectivity index (χ0) is 16.3. The monoisotopic (exact) mass is 270 g/mol. The fourth-order valence-corrected chi connectivity index (χ4v) is 0. The van der Waals surface area contributed by atoms with Gasteiger partial charge in [0.1, 0.15) is 0 Å². The molecule has 0 atom stereocenters. The van der Waals surface area contributed by atoms with Crippen LogP contribution in [0.2, 0.25) is 0 Å². The highest BCUT2D eigenvalue weighted by Gasteiger charge is 1.70. The zero-order valence-corrected chi connectivity index (χ0v) is 14.1. The van der Waals surface area contributed by atoms with Crippen LogP contribution in [-0.2, 0) is 0 Å². The smallest absolute Gasteiger partial charge is 0.0483 e. The van der Waals surface area contributed by atoms with Crippen LogP contribution in [0.4, 0.5) is 0 Å². The number of aliphatic hydroxyl groups excluding tert-OH is 4. The predicted molar refractivity (Wildman–Crippen MR) is 80.8 cm³/mol. The van der Waals surface area contributed by atoms with E-state index in [2.05, 4.69) is 0 Å². The highest BCUT2D eigenvalue weighted by molar-refractivity contribution is 4.21. The Morgan fingerprint density at radius 3 is 0.389 bits per heavy atom. The summed E-state index contributed by atoms with van der Waals surface area (Å²) < 4.78 is 0. The second-order valence-corrected chi connectivity index (χ2v) is 4.37. The molecule has 0 saturated heterocycles. The Morgan fingerprint density at radius 1 is 0.389 bits per heavy atom. The zero-order valence-electron chi connectivity index (χ0n) is 14.1. The highest BCUT2D eigenvalue weighted by Crippen LogP contribution is 1.66. The van der Waals surface area contributed by atoms with E-state index in [-0.39, 0.29) is 24.4 Å². The minimum atomic E-state index is -0.167. The Balaban J connectivity index is -0.0000000399. The van der Waals surface area contributed by atoms with E-state index in [0.29, 0.717) is 0 Å². The molecule has 0 amide bonds. The minimum absolute atomic E-state index is 0.167. The molecule has 4 heteroatoms. The molecule has 18 heavy (non-hydrogen) atoms. The Bertz CT molecular complexity index is 56.8. The molecule has 0 aromatic heterocycles. The molecule has 0 aliphatic heterocycles.